The van der Waals surface area contributed by atoms with Gasteiger partial charge in [0.15, 0.2) is 5.78 Å². The smallest absolute Gasteiger partial charge is 0.331 e. The molecule has 0 radical (unpaired) electrons. The molecule has 1 aromatic carbocycles. The van der Waals surface area contributed by atoms with Crippen molar-refractivity contribution in [2.75, 3.05) is 6.61 Å². The van der Waals surface area contributed by atoms with Crippen LogP contribution in [0.5, 0.6) is 0 Å². The average molecular weight is 477 g/mol. The zero-order valence-corrected chi connectivity index (χ0v) is 20.1. The molecule has 184 valence electrons. The second-order valence-electron chi connectivity index (χ2n) is 11.7. The Morgan fingerprint density at radius 1 is 1.23 bits per heavy atom. The van der Waals surface area contributed by atoms with Crippen LogP contribution in [-0.4, -0.2) is 46.6 Å². The van der Waals surface area contributed by atoms with Crippen LogP contribution in [0.2, 0.25) is 0 Å². The topological polar surface area (TPSA) is 93.1 Å². The maximum atomic E-state index is 14.0. The Balaban J connectivity index is 1.45. The lowest BCUT2D eigenvalue weighted by atomic mass is 9.37. The third-order valence-corrected chi connectivity index (χ3v) is 9.69. The zero-order chi connectivity index (χ0) is 24.8. The predicted molar refractivity (Wildman–Crippen MR) is 129 cm³/mol. The van der Waals surface area contributed by atoms with Gasteiger partial charge < -0.3 is 19.7 Å². The van der Waals surface area contributed by atoms with Gasteiger partial charge in [-0.05, 0) is 47.8 Å². The van der Waals surface area contributed by atoms with Crippen LogP contribution in [0.15, 0.2) is 60.7 Å². The molecule has 2 heterocycles. The van der Waals surface area contributed by atoms with Crippen molar-refractivity contribution >= 4 is 17.8 Å². The number of ketones is 1. The molecule has 2 spiro atoms. The van der Waals surface area contributed by atoms with Crippen molar-refractivity contribution in [1.29, 1.82) is 0 Å². The summed E-state index contributed by atoms with van der Waals surface area (Å²) in [5, 5.41) is 23.8. The van der Waals surface area contributed by atoms with E-state index in [1.54, 1.807) is 6.08 Å². The molecule has 35 heavy (non-hydrogen) atoms. The Morgan fingerprint density at radius 3 is 2.71 bits per heavy atom. The summed E-state index contributed by atoms with van der Waals surface area (Å²) in [5.74, 6) is -4.14. The van der Waals surface area contributed by atoms with E-state index >= 15 is 0 Å². The number of carbonyl (C=O) groups is 2. The number of hydrogen-bond acceptors (Lipinski definition) is 6. The fourth-order valence-electron chi connectivity index (χ4n) is 8.44. The molecule has 7 rings (SSSR count). The Morgan fingerprint density at radius 2 is 1.97 bits per heavy atom. The van der Waals surface area contributed by atoms with Crippen molar-refractivity contribution in [2.24, 2.45) is 34.0 Å². The number of hydrogen-bond donors (Lipinski definition) is 2. The van der Waals surface area contributed by atoms with E-state index in [-0.39, 0.29) is 29.6 Å². The number of carbonyl (C=O) groups excluding carboxylic acids is 2. The molecule has 4 aliphatic carbocycles. The highest BCUT2D eigenvalue weighted by Gasteiger charge is 2.86. The van der Waals surface area contributed by atoms with Gasteiger partial charge in [-0.1, -0.05) is 62.9 Å². The number of fused-ring (bicyclic) bond motifs is 2. The van der Waals surface area contributed by atoms with E-state index < -0.39 is 40.7 Å². The van der Waals surface area contributed by atoms with Gasteiger partial charge in [-0.3, -0.25) is 4.79 Å². The van der Waals surface area contributed by atoms with Crippen LogP contribution < -0.4 is 0 Å². The first kappa shape index (κ1) is 22.9. The molecule has 3 saturated carbocycles. The van der Waals surface area contributed by atoms with E-state index in [1.165, 1.54) is 6.08 Å². The predicted octanol–water partition coefficient (Wildman–Crippen LogP) is 3.45. The Bertz CT molecular complexity index is 1170. The molecule has 5 fully saturated rings. The summed E-state index contributed by atoms with van der Waals surface area (Å²) >= 11 is 0. The molecule has 2 N–H and O–H groups in total. The van der Waals surface area contributed by atoms with Crippen molar-refractivity contribution in [3.63, 3.8) is 0 Å². The molecule has 0 unspecified atom stereocenters. The maximum Gasteiger partial charge on any atom is 0.331 e. The van der Waals surface area contributed by atoms with Crippen LogP contribution in [0, 0.1) is 34.0 Å². The van der Waals surface area contributed by atoms with Crippen LogP contribution in [0.25, 0.3) is 6.08 Å². The summed E-state index contributed by atoms with van der Waals surface area (Å²) in [6.07, 6.45) is 7.01. The van der Waals surface area contributed by atoms with Crippen molar-refractivity contribution in [1.82, 2.24) is 0 Å². The van der Waals surface area contributed by atoms with Crippen molar-refractivity contribution in [2.45, 2.75) is 51.1 Å². The first-order chi connectivity index (χ1) is 16.6. The third kappa shape index (κ3) is 2.65. The Hall–Kier alpha value is -2.54. The highest BCUT2D eigenvalue weighted by atomic mass is 16.6. The number of esters is 1. The van der Waals surface area contributed by atoms with Gasteiger partial charge in [-0.2, -0.15) is 0 Å². The van der Waals surface area contributed by atoms with E-state index in [4.69, 9.17) is 9.47 Å². The standard InChI is InChI=1S/C29H32O6/c1-17-19-11-12-20-27-15-7-14-26(2,3)22(27)24(32)29(33,34-16-27)28(20,23(17)31)25(19)35-21(30)13-10-18-8-5-4-6-9-18/h4-10,13,15,19-20,22,24-25,32-33H,1,11-12,14,16H2,2-3H3/b13-10+/t19-,20-,22+,24-,25+,27+,28-,29+/m0/s1. The lowest BCUT2D eigenvalue weighted by Crippen LogP contribution is -2.83. The van der Waals surface area contributed by atoms with Gasteiger partial charge in [0.2, 0.25) is 5.79 Å². The Kier molecular flexibility index (Phi) is 4.74. The fourth-order valence-corrected chi connectivity index (χ4v) is 8.44. The van der Waals surface area contributed by atoms with Gasteiger partial charge in [-0.25, -0.2) is 4.79 Å². The minimum atomic E-state index is -2.16. The summed E-state index contributed by atoms with van der Waals surface area (Å²) < 4.78 is 12.1. The largest absolute Gasteiger partial charge is 0.457 e. The van der Waals surface area contributed by atoms with Gasteiger partial charge in [0.25, 0.3) is 0 Å². The van der Waals surface area contributed by atoms with Crippen LogP contribution in [0.3, 0.4) is 0 Å². The lowest BCUT2D eigenvalue weighted by Gasteiger charge is -2.72. The monoisotopic (exact) mass is 476 g/mol. The minimum absolute atomic E-state index is 0.219. The molecule has 8 atom stereocenters. The Labute approximate surface area is 205 Å². The van der Waals surface area contributed by atoms with E-state index in [9.17, 15) is 19.8 Å². The number of rotatable bonds is 3. The minimum Gasteiger partial charge on any atom is -0.457 e. The van der Waals surface area contributed by atoms with E-state index in [2.05, 4.69) is 32.6 Å². The first-order valence-electron chi connectivity index (χ1n) is 12.5. The fraction of sp³-hybridized carbons (Fsp3) is 0.517. The number of allylic oxidation sites excluding steroid dienone is 1. The van der Waals surface area contributed by atoms with Gasteiger partial charge in [-0.15, -0.1) is 0 Å². The van der Waals surface area contributed by atoms with Crippen molar-refractivity contribution in [3.8, 4) is 0 Å². The molecule has 0 aromatic heterocycles. The van der Waals surface area contributed by atoms with E-state index in [0.29, 0.717) is 18.4 Å². The molecule has 6 heteroatoms. The number of aliphatic hydroxyl groups excluding tert-OH is 1. The highest BCUT2D eigenvalue weighted by molar-refractivity contribution is 6.05. The third-order valence-electron chi connectivity index (χ3n) is 9.69. The molecule has 4 bridgehead atoms. The molecular weight excluding hydrogens is 444 g/mol. The highest BCUT2D eigenvalue weighted by Crippen LogP contribution is 2.75. The first-order valence-corrected chi connectivity index (χ1v) is 12.5. The molecule has 1 aromatic rings. The molecular formula is C29H32O6. The molecule has 6 nitrogen and oxygen atoms in total. The second-order valence-corrected chi connectivity index (χ2v) is 11.7. The van der Waals surface area contributed by atoms with Gasteiger partial charge >= 0.3 is 5.97 Å². The van der Waals surface area contributed by atoms with Crippen LogP contribution in [0.1, 0.15) is 38.7 Å². The van der Waals surface area contributed by atoms with Crippen LogP contribution >= 0.6 is 0 Å². The normalized spacial score (nSPS) is 44.9. The van der Waals surface area contributed by atoms with Crippen LogP contribution in [-0.2, 0) is 19.1 Å². The van der Waals surface area contributed by atoms with Gasteiger partial charge in [0.1, 0.15) is 17.6 Å². The summed E-state index contributed by atoms with van der Waals surface area (Å²) in [7, 11) is 0. The summed E-state index contributed by atoms with van der Waals surface area (Å²) in [4.78, 5) is 27.0. The lowest BCUT2D eigenvalue weighted by molar-refractivity contribution is -0.436. The van der Waals surface area contributed by atoms with Crippen molar-refractivity contribution in [3.05, 3.63) is 66.3 Å². The summed E-state index contributed by atoms with van der Waals surface area (Å²) in [6.45, 7) is 8.46. The molecule has 2 saturated heterocycles. The summed E-state index contributed by atoms with van der Waals surface area (Å²) in [5.41, 5.74) is -1.33. The van der Waals surface area contributed by atoms with Gasteiger partial charge in [0.05, 0.1) is 6.61 Å². The second kappa shape index (κ2) is 7.25. The van der Waals surface area contributed by atoms with Gasteiger partial charge in [0, 0.05) is 23.3 Å². The quantitative estimate of drug-likeness (QED) is 0.394. The molecule has 6 aliphatic rings. The summed E-state index contributed by atoms with van der Waals surface area (Å²) in [6, 6.07) is 9.39. The SMILES string of the molecule is C=C1C(=O)[C@]23[C@H](OC(=O)/C=C/c4ccccc4)[C@H]1CC[C@H]2[C@]12C=CCC(C)(C)[C@H]1[C@H](O)[C@@]3(O)OC2. The molecule has 2 aliphatic heterocycles. The molecule has 0 amide bonds. The number of Topliss-reactive ketones (excluding diaryl/α,β-unsaturated/α-hetero) is 1. The van der Waals surface area contributed by atoms with Crippen molar-refractivity contribution < 1.29 is 29.3 Å². The maximum absolute atomic E-state index is 14.0. The number of aliphatic hydroxyl groups is 2. The number of ether oxygens (including phenoxy) is 2. The van der Waals surface area contributed by atoms with Crippen LogP contribution in [0.4, 0.5) is 0 Å². The van der Waals surface area contributed by atoms with E-state index in [0.717, 1.165) is 12.0 Å². The van der Waals surface area contributed by atoms with E-state index in [1.807, 2.05) is 30.3 Å². The zero-order valence-electron chi connectivity index (χ0n) is 20.1. The number of benzene rings is 1. The average Bonchev–Trinajstić information content (AvgIpc) is 2.94.